The van der Waals surface area contributed by atoms with E-state index in [1.54, 1.807) is 6.26 Å². The number of halogens is 1. The van der Waals surface area contributed by atoms with Crippen LogP contribution < -0.4 is 10.6 Å². The van der Waals surface area contributed by atoms with Gasteiger partial charge in [-0.25, -0.2) is 0 Å². The minimum absolute atomic E-state index is 0.0206. The first kappa shape index (κ1) is 12.9. The summed E-state index contributed by atoms with van der Waals surface area (Å²) in [7, 11) is 0. The van der Waals surface area contributed by atoms with Gasteiger partial charge in [-0.1, -0.05) is 11.6 Å². The van der Waals surface area contributed by atoms with Crippen LogP contribution in [-0.2, 0) is 0 Å². The monoisotopic (exact) mass is 280 g/mol. The van der Waals surface area contributed by atoms with E-state index < -0.39 is 0 Å². The van der Waals surface area contributed by atoms with E-state index in [1.807, 2.05) is 43.3 Å². The summed E-state index contributed by atoms with van der Waals surface area (Å²) in [5.41, 5.74) is 0.892. The second-order valence-electron chi connectivity index (χ2n) is 3.84. The Morgan fingerprint density at radius 1 is 1.28 bits per heavy atom. The highest BCUT2D eigenvalue weighted by molar-refractivity contribution is 7.80. The van der Waals surface area contributed by atoms with Gasteiger partial charge in [0.1, 0.15) is 5.76 Å². The summed E-state index contributed by atoms with van der Waals surface area (Å²) < 4.78 is 5.29. The van der Waals surface area contributed by atoms with Crippen molar-refractivity contribution in [2.75, 3.05) is 5.32 Å². The van der Waals surface area contributed by atoms with Crippen molar-refractivity contribution in [2.45, 2.75) is 13.0 Å². The lowest BCUT2D eigenvalue weighted by molar-refractivity contribution is 0.464. The summed E-state index contributed by atoms with van der Waals surface area (Å²) in [4.78, 5) is 0. The third-order valence-electron chi connectivity index (χ3n) is 2.42. The van der Waals surface area contributed by atoms with Crippen molar-refractivity contribution in [2.24, 2.45) is 0 Å². The summed E-state index contributed by atoms with van der Waals surface area (Å²) in [5.74, 6) is 0.843. The van der Waals surface area contributed by atoms with E-state index in [9.17, 15) is 0 Å². The van der Waals surface area contributed by atoms with Gasteiger partial charge in [0, 0.05) is 10.7 Å². The Hall–Kier alpha value is -1.52. The van der Waals surface area contributed by atoms with Crippen LogP contribution in [0.4, 0.5) is 5.69 Å². The summed E-state index contributed by atoms with van der Waals surface area (Å²) in [6.45, 7) is 1.98. The van der Waals surface area contributed by atoms with Crippen LogP contribution in [0.15, 0.2) is 47.1 Å². The molecule has 0 spiro atoms. The van der Waals surface area contributed by atoms with Crippen LogP contribution in [-0.4, -0.2) is 5.11 Å². The molecule has 1 heterocycles. The topological polar surface area (TPSA) is 37.2 Å². The zero-order valence-corrected chi connectivity index (χ0v) is 11.4. The molecule has 18 heavy (non-hydrogen) atoms. The van der Waals surface area contributed by atoms with Gasteiger partial charge < -0.3 is 15.1 Å². The highest BCUT2D eigenvalue weighted by Gasteiger charge is 2.09. The largest absolute Gasteiger partial charge is 0.467 e. The molecule has 3 nitrogen and oxygen atoms in total. The number of thiocarbonyl (C=S) groups is 1. The maximum atomic E-state index is 5.81. The molecule has 1 atom stereocenters. The number of hydrogen-bond acceptors (Lipinski definition) is 2. The number of anilines is 1. The summed E-state index contributed by atoms with van der Waals surface area (Å²) >= 11 is 11.0. The van der Waals surface area contributed by atoms with Crippen molar-refractivity contribution < 1.29 is 4.42 Å². The highest BCUT2D eigenvalue weighted by atomic mass is 35.5. The van der Waals surface area contributed by atoms with Crippen LogP contribution in [0.25, 0.3) is 0 Å². The Bertz CT molecular complexity index is 510. The normalized spacial score (nSPS) is 11.9. The fraction of sp³-hybridized carbons (Fsp3) is 0.154. The molecule has 0 bridgehead atoms. The number of benzene rings is 1. The third-order valence-corrected chi connectivity index (χ3v) is 2.89. The number of nitrogens with one attached hydrogen (secondary N) is 2. The minimum Gasteiger partial charge on any atom is -0.467 e. The van der Waals surface area contributed by atoms with Crippen LogP contribution in [0.2, 0.25) is 5.02 Å². The maximum absolute atomic E-state index is 5.81. The van der Waals surface area contributed by atoms with Gasteiger partial charge in [-0.3, -0.25) is 0 Å². The summed E-state index contributed by atoms with van der Waals surface area (Å²) in [6.07, 6.45) is 1.64. The molecule has 1 aromatic heterocycles. The molecule has 0 saturated carbocycles. The van der Waals surface area contributed by atoms with E-state index in [4.69, 9.17) is 28.2 Å². The molecular formula is C13H13ClN2OS. The molecule has 5 heteroatoms. The summed E-state index contributed by atoms with van der Waals surface area (Å²) in [5, 5.41) is 7.46. The lowest BCUT2D eigenvalue weighted by Gasteiger charge is -2.15. The van der Waals surface area contributed by atoms with E-state index in [0.29, 0.717) is 10.1 Å². The maximum Gasteiger partial charge on any atom is 0.171 e. The van der Waals surface area contributed by atoms with Gasteiger partial charge in [0.2, 0.25) is 0 Å². The van der Waals surface area contributed by atoms with Gasteiger partial charge in [-0.05, 0) is 55.5 Å². The van der Waals surface area contributed by atoms with Gasteiger partial charge in [-0.2, -0.15) is 0 Å². The fourth-order valence-electron chi connectivity index (χ4n) is 1.51. The summed E-state index contributed by atoms with van der Waals surface area (Å²) in [6, 6.07) is 11.1. The number of furan rings is 1. The second kappa shape index (κ2) is 5.89. The SMILES string of the molecule is C[C@@H](NC(=S)Nc1ccc(Cl)cc1)c1ccco1. The van der Waals surface area contributed by atoms with Crippen LogP contribution in [0, 0.1) is 0 Å². The van der Waals surface area contributed by atoms with Gasteiger partial charge in [0.15, 0.2) is 5.11 Å². The minimum atomic E-state index is 0.0206. The predicted molar refractivity (Wildman–Crippen MR) is 77.9 cm³/mol. The Morgan fingerprint density at radius 2 is 2.00 bits per heavy atom. The molecule has 0 aliphatic heterocycles. The smallest absolute Gasteiger partial charge is 0.171 e. The Kier molecular flexibility index (Phi) is 4.23. The Balaban J connectivity index is 1.91. The molecule has 0 amide bonds. The van der Waals surface area contributed by atoms with E-state index in [-0.39, 0.29) is 6.04 Å². The molecule has 0 fully saturated rings. The van der Waals surface area contributed by atoms with Gasteiger partial charge in [0.05, 0.1) is 12.3 Å². The first-order valence-corrected chi connectivity index (χ1v) is 6.30. The van der Waals surface area contributed by atoms with E-state index in [0.717, 1.165) is 11.4 Å². The standard InChI is InChI=1S/C13H13ClN2OS/c1-9(12-3-2-8-17-12)15-13(18)16-11-6-4-10(14)5-7-11/h2-9H,1H3,(H2,15,16,18)/t9-/m1/s1. The van der Waals surface area contributed by atoms with E-state index in [1.165, 1.54) is 0 Å². The van der Waals surface area contributed by atoms with Crippen molar-refractivity contribution in [1.82, 2.24) is 5.32 Å². The lowest BCUT2D eigenvalue weighted by atomic mass is 10.2. The first-order valence-electron chi connectivity index (χ1n) is 5.51. The predicted octanol–water partition coefficient (Wildman–Crippen LogP) is 3.98. The molecule has 0 saturated heterocycles. The highest BCUT2D eigenvalue weighted by Crippen LogP contribution is 2.15. The zero-order chi connectivity index (χ0) is 13.0. The Labute approximate surface area is 116 Å². The van der Waals surface area contributed by atoms with Crippen molar-refractivity contribution in [3.8, 4) is 0 Å². The second-order valence-corrected chi connectivity index (χ2v) is 4.69. The molecule has 2 N–H and O–H groups in total. The van der Waals surface area contributed by atoms with Gasteiger partial charge in [-0.15, -0.1) is 0 Å². The Morgan fingerprint density at radius 3 is 2.61 bits per heavy atom. The molecule has 0 radical (unpaired) electrons. The lowest BCUT2D eigenvalue weighted by Crippen LogP contribution is -2.30. The van der Waals surface area contributed by atoms with Gasteiger partial charge in [0.25, 0.3) is 0 Å². The molecule has 94 valence electrons. The fourth-order valence-corrected chi connectivity index (χ4v) is 1.93. The van der Waals surface area contributed by atoms with Crippen molar-refractivity contribution in [1.29, 1.82) is 0 Å². The number of rotatable bonds is 3. The van der Waals surface area contributed by atoms with E-state index in [2.05, 4.69) is 10.6 Å². The molecule has 0 aliphatic rings. The number of hydrogen-bond donors (Lipinski definition) is 2. The van der Waals surface area contributed by atoms with Gasteiger partial charge >= 0.3 is 0 Å². The van der Waals surface area contributed by atoms with Crippen molar-refractivity contribution in [3.05, 3.63) is 53.4 Å². The van der Waals surface area contributed by atoms with Crippen LogP contribution in [0.5, 0.6) is 0 Å². The average Bonchev–Trinajstić information content (AvgIpc) is 2.85. The molecule has 2 aromatic rings. The average molecular weight is 281 g/mol. The van der Waals surface area contributed by atoms with Crippen LogP contribution >= 0.6 is 23.8 Å². The molecule has 1 aromatic carbocycles. The third kappa shape index (κ3) is 3.48. The molecular weight excluding hydrogens is 268 g/mol. The quantitative estimate of drug-likeness (QED) is 0.834. The first-order chi connectivity index (χ1) is 8.65. The van der Waals surface area contributed by atoms with Crippen LogP contribution in [0.1, 0.15) is 18.7 Å². The molecule has 0 aliphatic carbocycles. The van der Waals surface area contributed by atoms with Crippen molar-refractivity contribution in [3.63, 3.8) is 0 Å². The van der Waals surface area contributed by atoms with E-state index >= 15 is 0 Å². The van der Waals surface area contributed by atoms with Crippen molar-refractivity contribution >= 4 is 34.6 Å². The molecule has 2 rings (SSSR count). The zero-order valence-electron chi connectivity index (χ0n) is 9.81. The molecule has 0 unspecified atom stereocenters. The van der Waals surface area contributed by atoms with Crippen LogP contribution in [0.3, 0.4) is 0 Å².